The number of ether oxygens (including phenoxy) is 3. The van der Waals surface area contributed by atoms with E-state index in [0.717, 1.165) is 5.56 Å². The number of aliphatic imine (C=N–C) groups is 1. The van der Waals surface area contributed by atoms with Crippen molar-refractivity contribution < 1.29 is 28.2 Å². The number of aryl methyl sites for hydroxylation is 1. The van der Waals surface area contributed by atoms with Crippen molar-refractivity contribution in [3.63, 3.8) is 0 Å². The topological polar surface area (TPSA) is 74.2 Å². The third-order valence-corrected chi connectivity index (χ3v) is 5.22. The number of hydrogen-bond donors (Lipinski definition) is 0. The van der Waals surface area contributed by atoms with Gasteiger partial charge in [0.05, 0.1) is 12.7 Å². The van der Waals surface area contributed by atoms with Gasteiger partial charge in [-0.2, -0.15) is 0 Å². The van der Waals surface area contributed by atoms with Crippen LogP contribution in [0.4, 0.5) is 4.39 Å². The molecular formula is C25H17ClFNO5. The Labute approximate surface area is 193 Å². The number of hydrogen-bond acceptors (Lipinski definition) is 6. The summed E-state index contributed by atoms with van der Waals surface area (Å²) in [5.74, 6) is -1.13. The third-order valence-electron chi connectivity index (χ3n) is 4.81. The molecule has 0 aromatic heterocycles. The monoisotopic (exact) mass is 465 g/mol. The lowest BCUT2D eigenvalue weighted by Gasteiger charge is -2.10. The van der Waals surface area contributed by atoms with Gasteiger partial charge >= 0.3 is 11.9 Å². The van der Waals surface area contributed by atoms with Crippen LogP contribution in [0.2, 0.25) is 5.02 Å². The van der Waals surface area contributed by atoms with Crippen molar-refractivity contribution in [2.75, 3.05) is 7.11 Å². The molecule has 0 bridgehead atoms. The van der Waals surface area contributed by atoms with Gasteiger partial charge in [0.25, 0.3) is 0 Å². The van der Waals surface area contributed by atoms with Crippen LogP contribution in [0.25, 0.3) is 6.08 Å². The van der Waals surface area contributed by atoms with E-state index in [4.69, 9.17) is 25.8 Å². The second-order valence-electron chi connectivity index (χ2n) is 7.11. The summed E-state index contributed by atoms with van der Waals surface area (Å²) in [5.41, 5.74) is 2.35. The van der Waals surface area contributed by atoms with E-state index in [1.165, 1.54) is 43.5 Å². The normalized spacial score (nSPS) is 14.1. The molecule has 0 atom stereocenters. The summed E-state index contributed by atoms with van der Waals surface area (Å²) in [5, 5.41) is 0.541. The Bertz CT molecular complexity index is 1310. The van der Waals surface area contributed by atoms with Crippen LogP contribution in [-0.2, 0) is 9.53 Å². The molecule has 33 heavy (non-hydrogen) atoms. The number of rotatable bonds is 5. The van der Waals surface area contributed by atoms with Crippen LogP contribution in [0.15, 0.2) is 71.4 Å². The number of carbonyl (C=O) groups excluding carboxylic acids is 2. The maximum Gasteiger partial charge on any atom is 0.363 e. The van der Waals surface area contributed by atoms with Gasteiger partial charge in [-0.1, -0.05) is 23.7 Å². The zero-order valence-corrected chi connectivity index (χ0v) is 18.4. The van der Waals surface area contributed by atoms with E-state index in [1.54, 1.807) is 24.3 Å². The molecule has 0 N–H and O–H groups in total. The van der Waals surface area contributed by atoms with E-state index in [1.807, 2.05) is 13.0 Å². The Balaban J connectivity index is 1.57. The van der Waals surface area contributed by atoms with E-state index >= 15 is 0 Å². The lowest BCUT2D eigenvalue weighted by Crippen LogP contribution is -2.09. The largest absolute Gasteiger partial charge is 0.493 e. The molecule has 6 nitrogen and oxygen atoms in total. The van der Waals surface area contributed by atoms with Crippen LogP contribution >= 0.6 is 11.6 Å². The third kappa shape index (κ3) is 4.94. The Morgan fingerprint density at radius 3 is 2.52 bits per heavy atom. The number of cyclic esters (lactones) is 1. The molecule has 0 saturated carbocycles. The molecule has 0 spiro atoms. The fourth-order valence-electron chi connectivity index (χ4n) is 3.02. The minimum Gasteiger partial charge on any atom is -0.493 e. The van der Waals surface area contributed by atoms with Gasteiger partial charge in [0, 0.05) is 10.6 Å². The molecule has 3 aromatic rings. The van der Waals surface area contributed by atoms with Gasteiger partial charge in [-0.05, 0) is 72.7 Å². The van der Waals surface area contributed by atoms with Gasteiger partial charge in [0.15, 0.2) is 17.2 Å². The standard InChI is InChI=1S/C25H17ClFNO5/c1-14-3-5-17(13-19(14)26)23-28-20(25(30)33-23)11-15-4-10-21(22(12-15)31-2)32-24(29)16-6-8-18(27)9-7-16/h3-13H,1-2H3/b20-11-. The highest BCUT2D eigenvalue weighted by Crippen LogP contribution is 2.31. The van der Waals surface area contributed by atoms with Crippen molar-refractivity contribution in [1.29, 1.82) is 0 Å². The molecule has 0 fully saturated rings. The van der Waals surface area contributed by atoms with Gasteiger partial charge in [0.2, 0.25) is 5.90 Å². The van der Waals surface area contributed by atoms with E-state index < -0.39 is 17.8 Å². The van der Waals surface area contributed by atoms with Crippen molar-refractivity contribution in [1.82, 2.24) is 0 Å². The number of benzene rings is 3. The predicted octanol–water partition coefficient (Wildman–Crippen LogP) is 5.36. The molecule has 0 saturated heterocycles. The van der Waals surface area contributed by atoms with E-state index in [9.17, 15) is 14.0 Å². The predicted molar refractivity (Wildman–Crippen MR) is 121 cm³/mol. The average Bonchev–Trinajstić information content (AvgIpc) is 3.17. The minimum atomic E-state index is -0.662. The Hall–Kier alpha value is -3.97. The minimum absolute atomic E-state index is 0.0970. The van der Waals surface area contributed by atoms with Crippen molar-refractivity contribution in [3.8, 4) is 11.5 Å². The lowest BCUT2D eigenvalue weighted by molar-refractivity contribution is -0.129. The van der Waals surface area contributed by atoms with Crippen molar-refractivity contribution in [3.05, 3.63) is 99.5 Å². The van der Waals surface area contributed by atoms with Gasteiger partial charge in [-0.3, -0.25) is 0 Å². The fourth-order valence-corrected chi connectivity index (χ4v) is 3.20. The van der Waals surface area contributed by atoms with E-state index in [0.29, 0.717) is 16.1 Å². The molecule has 0 unspecified atom stereocenters. The van der Waals surface area contributed by atoms with Crippen LogP contribution in [0.1, 0.15) is 27.0 Å². The van der Waals surface area contributed by atoms with Crippen LogP contribution in [-0.4, -0.2) is 24.9 Å². The summed E-state index contributed by atoms with van der Waals surface area (Å²) in [6.45, 7) is 1.87. The summed E-state index contributed by atoms with van der Waals surface area (Å²) < 4.78 is 29.0. The van der Waals surface area contributed by atoms with Gasteiger partial charge in [-0.25, -0.2) is 19.0 Å². The summed E-state index contributed by atoms with van der Waals surface area (Å²) >= 11 is 6.15. The average molecular weight is 466 g/mol. The highest BCUT2D eigenvalue weighted by Gasteiger charge is 2.24. The first-order valence-electron chi connectivity index (χ1n) is 9.79. The second kappa shape index (κ2) is 9.26. The zero-order valence-electron chi connectivity index (χ0n) is 17.6. The molecule has 4 rings (SSSR count). The molecule has 3 aromatic carbocycles. The molecule has 166 valence electrons. The molecule has 1 aliphatic rings. The van der Waals surface area contributed by atoms with Crippen LogP contribution in [0.3, 0.4) is 0 Å². The summed E-state index contributed by atoms with van der Waals surface area (Å²) in [6, 6.07) is 15.0. The highest BCUT2D eigenvalue weighted by molar-refractivity contribution is 6.31. The Morgan fingerprint density at radius 2 is 1.82 bits per heavy atom. The molecule has 1 heterocycles. The van der Waals surface area contributed by atoms with Gasteiger partial charge in [0.1, 0.15) is 5.82 Å². The van der Waals surface area contributed by atoms with Crippen LogP contribution < -0.4 is 9.47 Å². The summed E-state index contributed by atoms with van der Waals surface area (Å²) in [4.78, 5) is 28.9. The number of methoxy groups -OCH3 is 1. The van der Waals surface area contributed by atoms with Crippen LogP contribution in [0, 0.1) is 12.7 Å². The summed E-state index contributed by atoms with van der Waals surface area (Å²) in [7, 11) is 1.42. The van der Waals surface area contributed by atoms with E-state index in [-0.39, 0.29) is 28.7 Å². The van der Waals surface area contributed by atoms with Crippen molar-refractivity contribution in [2.24, 2.45) is 4.99 Å². The first-order valence-corrected chi connectivity index (χ1v) is 10.2. The number of esters is 2. The molecule has 1 aliphatic heterocycles. The number of nitrogens with zero attached hydrogens (tertiary/aromatic N) is 1. The van der Waals surface area contributed by atoms with Gasteiger partial charge < -0.3 is 14.2 Å². The van der Waals surface area contributed by atoms with Crippen LogP contribution in [0.5, 0.6) is 11.5 Å². The van der Waals surface area contributed by atoms with Crippen molar-refractivity contribution in [2.45, 2.75) is 6.92 Å². The maximum absolute atomic E-state index is 13.1. The molecule has 0 aliphatic carbocycles. The smallest absolute Gasteiger partial charge is 0.363 e. The highest BCUT2D eigenvalue weighted by atomic mass is 35.5. The first kappa shape index (κ1) is 22.2. The first-order chi connectivity index (χ1) is 15.8. The lowest BCUT2D eigenvalue weighted by atomic mass is 10.1. The Kier molecular flexibility index (Phi) is 6.24. The summed E-state index contributed by atoms with van der Waals surface area (Å²) in [6.07, 6.45) is 1.53. The molecule has 0 radical (unpaired) electrons. The maximum atomic E-state index is 13.1. The molecule has 0 amide bonds. The SMILES string of the molecule is COc1cc(/C=C2\N=C(c3ccc(C)c(Cl)c3)OC2=O)ccc1OC(=O)c1ccc(F)cc1. The van der Waals surface area contributed by atoms with Gasteiger partial charge in [-0.15, -0.1) is 0 Å². The molecule has 8 heteroatoms. The number of halogens is 2. The Morgan fingerprint density at radius 1 is 1.06 bits per heavy atom. The van der Waals surface area contributed by atoms with Crippen molar-refractivity contribution >= 4 is 35.5 Å². The van der Waals surface area contributed by atoms with E-state index in [2.05, 4.69) is 4.99 Å². The fraction of sp³-hybridized carbons (Fsp3) is 0.0800. The quantitative estimate of drug-likeness (QED) is 0.288. The number of carbonyl (C=O) groups is 2. The molecular weight excluding hydrogens is 449 g/mol. The second-order valence-corrected chi connectivity index (χ2v) is 7.51. The zero-order chi connectivity index (χ0) is 23.5.